The minimum atomic E-state index is 0.552. The molecular weight excluding hydrogens is 292 g/mol. The molecular formula is C17H20N4O2. The van der Waals surface area contributed by atoms with Crippen molar-refractivity contribution < 1.29 is 9.58 Å². The van der Waals surface area contributed by atoms with Crippen LogP contribution in [0.3, 0.4) is 0 Å². The fourth-order valence-corrected chi connectivity index (χ4v) is 2.36. The topological polar surface area (TPSA) is 57.2 Å². The second kappa shape index (κ2) is 6.66. The Labute approximate surface area is 135 Å². The van der Waals surface area contributed by atoms with Gasteiger partial charge in [0.05, 0.1) is 11.7 Å². The predicted molar refractivity (Wildman–Crippen MR) is 88.7 cm³/mol. The largest absolute Gasteiger partial charge is 0.692 e. The van der Waals surface area contributed by atoms with Gasteiger partial charge in [0.15, 0.2) is 0 Å². The number of nitrogens with zero attached hydrogens (tertiary/aromatic N) is 4. The van der Waals surface area contributed by atoms with E-state index >= 15 is 0 Å². The second-order valence-corrected chi connectivity index (χ2v) is 5.65. The van der Waals surface area contributed by atoms with Crippen molar-refractivity contribution in [2.24, 2.45) is 0 Å². The van der Waals surface area contributed by atoms with Crippen molar-refractivity contribution in [3.63, 3.8) is 0 Å². The summed E-state index contributed by atoms with van der Waals surface area (Å²) in [4.78, 5) is 4.27. The van der Waals surface area contributed by atoms with E-state index in [0.29, 0.717) is 23.3 Å². The number of benzene rings is 2. The lowest BCUT2D eigenvalue weighted by Crippen LogP contribution is -2.37. The van der Waals surface area contributed by atoms with Crippen LogP contribution in [0, 0.1) is 5.21 Å². The van der Waals surface area contributed by atoms with Gasteiger partial charge in [0.2, 0.25) is 11.0 Å². The van der Waals surface area contributed by atoms with E-state index in [1.54, 1.807) is 6.07 Å². The van der Waals surface area contributed by atoms with E-state index in [9.17, 15) is 5.21 Å². The molecule has 0 radical (unpaired) electrons. The molecule has 2 aromatic carbocycles. The SMILES string of the molecule is CN(C)CCCOc1ccc(-n2nc3ccccc3[n+]2[O-])cc1. The number of fused-ring (bicyclic) bond motifs is 1. The lowest BCUT2D eigenvalue weighted by molar-refractivity contribution is -0.664. The van der Waals surface area contributed by atoms with E-state index in [0.717, 1.165) is 23.6 Å². The standard InChI is InChI=1S/C17H20N4O2/c1-19(2)12-5-13-23-15-10-8-14(9-11-15)20-18-16-6-3-4-7-17(16)21(20)22/h3-4,6-11H,5,12-13H2,1-2H3. The Hall–Kier alpha value is -2.60. The van der Waals surface area contributed by atoms with Crippen molar-refractivity contribution in [1.29, 1.82) is 0 Å². The molecule has 1 aromatic heterocycles. The monoisotopic (exact) mass is 312 g/mol. The zero-order chi connectivity index (χ0) is 16.2. The summed E-state index contributed by atoms with van der Waals surface area (Å²) in [7, 11) is 4.09. The van der Waals surface area contributed by atoms with Crippen LogP contribution >= 0.6 is 0 Å². The van der Waals surface area contributed by atoms with Crippen LogP contribution < -0.4 is 9.58 Å². The van der Waals surface area contributed by atoms with Gasteiger partial charge in [-0.25, -0.2) is 0 Å². The summed E-state index contributed by atoms with van der Waals surface area (Å²) in [5.74, 6) is 0.793. The highest BCUT2D eigenvalue weighted by Crippen LogP contribution is 2.15. The first kappa shape index (κ1) is 15.3. The Bertz CT molecular complexity index is 781. The van der Waals surface area contributed by atoms with Gasteiger partial charge < -0.3 is 14.8 Å². The Kier molecular flexibility index (Phi) is 4.43. The molecule has 0 saturated carbocycles. The third kappa shape index (κ3) is 3.43. The highest BCUT2D eigenvalue weighted by Gasteiger charge is 2.14. The highest BCUT2D eigenvalue weighted by atomic mass is 16.5. The van der Waals surface area contributed by atoms with E-state index in [1.165, 1.54) is 4.80 Å². The van der Waals surface area contributed by atoms with Crippen molar-refractivity contribution >= 4 is 11.0 Å². The molecule has 3 aromatic rings. The first-order chi connectivity index (χ1) is 11.1. The molecule has 0 spiro atoms. The van der Waals surface area contributed by atoms with Crippen LogP contribution in [0.2, 0.25) is 0 Å². The maximum absolute atomic E-state index is 12.3. The molecule has 0 bridgehead atoms. The van der Waals surface area contributed by atoms with Crippen molar-refractivity contribution in [2.75, 3.05) is 27.2 Å². The molecule has 23 heavy (non-hydrogen) atoms. The quantitative estimate of drug-likeness (QED) is 0.397. The molecule has 0 N–H and O–H groups in total. The highest BCUT2D eigenvalue weighted by molar-refractivity contribution is 5.70. The van der Waals surface area contributed by atoms with Crippen LogP contribution in [0.25, 0.3) is 16.7 Å². The molecule has 120 valence electrons. The molecule has 6 nitrogen and oxygen atoms in total. The fourth-order valence-electron chi connectivity index (χ4n) is 2.36. The fraction of sp³-hybridized carbons (Fsp3) is 0.294. The number of hydrogen-bond acceptors (Lipinski definition) is 4. The van der Waals surface area contributed by atoms with Crippen LogP contribution in [-0.4, -0.2) is 42.0 Å². The van der Waals surface area contributed by atoms with Gasteiger partial charge in [0.1, 0.15) is 11.4 Å². The molecule has 0 unspecified atom stereocenters. The van der Waals surface area contributed by atoms with Crippen molar-refractivity contribution in [1.82, 2.24) is 14.8 Å². The van der Waals surface area contributed by atoms with E-state index in [4.69, 9.17) is 4.74 Å². The first-order valence-corrected chi connectivity index (χ1v) is 7.61. The second-order valence-electron chi connectivity index (χ2n) is 5.65. The van der Waals surface area contributed by atoms with Gasteiger partial charge in [-0.15, -0.1) is 4.85 Å². The van der Waals surface area contributed by atoms with Gasteiger partial charge in [-0.05, 0) is 61.7 Å². The average molecular weight is 312 g/mol. The van der Waals surface area contributed by atoms with Gasteiger partial charge in [-0.1, -0.05) is 12.1 Å². The maximum Gasteiger partial charge on any atom is 0.250 e. The minimum Gasteiger partial charge on any atom is -0.692 e. The van der Waals surface area contributed by atoms with Gasteiger partial charge in [0, 0.05) is 6.54 Å². The molecule has 0 aliphatic rings. The number of hydrogen-bond donors (Lipinski definition) is 0. The smallest absolute Gasteiger partial charge is 0.250 e. The van der Waals surface area contributed by atoms with Crippen LogP contribution in [0.4, 0.5) is 0 Å². The lowest BCUT2D eigenvalue weighted by atomic mass is 10.3. The van der Waals surface area contributed by atoms with E-state index < -0.39 is 0 Å². The average Bonchev–Trinajstić information content (AvgIpc) is 2.89. The third-order valence-electron chi connectivity index (χ3n) is 3.55. The maximum atomic E-state index is 12.3. The molecule has 0 fully saturated rings. The molecule has 1 heterocycles. The third-order valence-corrected chi connectivity index (χ3v) is 3.55. The molecule has 0 saturated heterocycles. The summed E-state index contributed by atoms with van der Waals surface area (Å²) in [6.45, 7) is 1.67. The first-order valence-electron chi connectivity index (χ1n) is 7.61. The summed E-state index contributed by atoms with van der Waals surface area (Å²) in [5.41, 5.74) is 1.93. The summed E-state index contributed by atoms with van der Waals surface area (Å²) in [5, 5.41) is 16.6. The van der Waals surface area contributed by atoms with Gasteiger partial charge >= 0.3 is 0 Å². The molecule has 3 rings (SSSR count). The summed E-state index contributed by atoms with van der Waals surface area (Å²) >= 11 is 0. The molecule has 0 aliphatic carbocycles. The minimum absolute atomic E-state index is 0.552. The Morgan fingerprint density at radius 3 is 2.57 bits per heavy atom. The molecule has 0 aliphatic heterocycles. The number of aromatic nitrogens is 3. The Morgan fingerprint density at radius 2 is 1.87 bits per heavy atom. The van der Waals surface area contributed by atoms with E-state index in [2.05, 4.69) is 10.00 Å². The molecule has 0 amide bonds. The van der Waals surface area contributed by atoms with E-state index in [-0.39, 0.29) is 0 Å². The summed E-state index contributed by atoms with van der Waals surface area (Å²) < 4.78 is 5.70. The summed E-state index contributed by atoms with van der Waals surface area (Å²) in [6, 6.07) is 14.7. The van der Waals surface area contributed by atoms with Crippen molar-refractivity contribution in [3.8, 4) is 11.4 Å². The molecule has 6 heteroatoms. The molecule has 0 atom stereocenters. The zero-order valence-electron chi connectivity index (χ0n) is 13.3. The summed E-state index contributed by atoms with van der Waals surface area (Å²) in [6.07, 6.45) is 0.972. The zero-order valence-corrected chi connectivity index (χ0v) is 13.3. The van der Waals surface area contributed by atoms with Gasteiger partial charge in [0.25, 0.3) is 0 Å². The van der Waals surface area contributed by atoms with Crippen LogP contribution in [0.1, 0.15) is 6.42 Å². The van der Waals surface area contributed by atoms with Crippen molar-refractivity contribution in [3.05, 3.63) is 53.7 Å². The Balaban J connectivity index is 1.72. The number of para-hydroxylation sites is 1. The van der Waals surface area contributed by atoms with Crippen LogP contribution in [0.5, 0.6) is 5.75 Å². The Morgan fingerprint density at radius 1 is 1.13 bits per heavy atom. The number of rotatable bonds is 6. The van der Waals surface area contributed by atoms with Crippen LogP contribution in [-0.2, 0) is 0 Å². The van der Waals surface area contributed by atoms with Crippen LogP contribution in [0.15, 0.2) is 48.5 Å². The van der Waals surface area contributed by atoms with Crippen molar-refractivity contribution in [2.45, 2.75) is 6.42 Å². The number of ether oxygens (including phenoxy) is 1. The normalized spacial score (nSPS) is 11.3. The predicted octanol–water partition coefficient (Wildman–Crippen LogP) is 1.99. The van der Waals surface area contributed by atoms with Gasteiger partial charge in [-0.2, -0.15) is 0 Å². The van der Waals surface area contributed by atoms with Gasteiger partial charge in [-0.3, -0.25) is 0 Å². The lowest BCUT2D eigenvalue weighted by Gasteiger charge is -2.10. The van der Waals surface area contributed by atoms with E-state index in [1.807, 2.05) is 56.6 Å².